The van der Waals surface area contributed by atoms with E-state index in [0.29, 0.717) is 17.7 Å². The van der Waals surface area contributed by atoms with Gasteiger partial charge in [0, 0.05) is 36.1 Å². The topological polar surface area (TPSA) is 36.1 Å². The monoisotopic (exact) mass is 268 g/mol. The van der Waals surface area contributed by atoms with Gasteiger partial charge in [0.15, 0.2) is 0 Å². The van der Waals surface area contributed by atoms with Crippen LogP contribution in [0.4, 0.5) is 0 Å². The normalized spacial score (nSPS) is 20.5. The molecule has 0 atom stereocenters. The third-order valence-electron chi connectivity index (χ3n) is 4.72. The van der Waals surface area contributed by atoms with Gasteiger partial charge >= 0.3 is 0 Å². The Kier molecular flexibility index (Phi) is 2.79. The van der Waals surface area contributed by atoms with Gasteiger partial charge in [-0.25, -0.2) is 0 Å². The molecule has 1 N–H and O–H groups in total. The minimum Gasteiger partial charge on any atom is -0.358 e. The molecule has 20 heavy (non-hydrogen) atoms. The summed E-state index contributed by atoms with van der Waals surface area (Å²) in [6.07, 6.45) is 4.40. The number of carbonyl (C=O) groups excluding carboxylic acids is 1. The molecule has 1 aromatic carbocycles. The number of aromatic amines is 1. The lowest BCUT2D eigenvalue weighted by molar-refractivity contribution is -0.133. The Balaban J connectivity index is 1.46. The molecule has 3 nitrogen and oxygen atoms in total. The molecule has 0 radical (unpaired) electrons. The first kappa shape index (κ1) is 12.0. The number of para-hydroxylation sites is 1. The lowest BCUT2D eigenvalue weighted by Crippen LogP contribution is -2.38. The zero-order valence-corrected chi connectivity index (χ0v) is 11.6. The molecule has 2 fully saturated rings. The Labute approximate surface area is 119 Å². The second-order valence-electron chi connectivity index (χ2n) is 6.19. The van der Waals surface area contributed by atoms with Crippen molar-refractivity contribution >= 4 is 16.8 Å². The second kappa shape index (κ2) is 4.65. The fraction of sp³-hybridized carbons (Fsp3) is 0.471. The summed E-state index contributed by atoms with van der Waals surface area (Å²) in [5, 5.41) is 1.29. The van der Waals surface area contributed by atoms with Crippen LogP contribution in [0.15, 0.2) is 30.3 Å². The second-order valence-corrected chi connectivity index (χ2v) is 6.19. The highest BCUT2D eigenvalue weighted by molar-refractivity contribution is 5.81. The zero-order valence-electron chi connectivity index (χ0n) is 11.6. The predicted molar refractivity (Wildman–Crippen MR) is 79.6 cm³/mol. The average molecular weight is 268 g/mol. The van der Waals surface area contributed by atoms with Crippen molar-refractivity contribution in [2.75, 3.05) is 13.1 Å². The lowest BCUT2D eigenvalue weighted by atomic mass is 9.93. The van der Waals surface area contributed by atoms with Crippen molar-refractivity contribution in [1.29, 1.82) is 0 Å². The van der Waals surface area contributed by atoms with Crippen LogP contribution in [0.3, 0.4) is 0 Å². The number of nitrogens with one attached hydrogen (secondary N) is 1. The summed E-state index contributed by atoms with van der Waals surface area (Å²) in [7, 11) is 0. The van der Waals surface area contributed by atoms with Gasteiger partial charge in [0.1, 0.15) is 0 Å². The van der Waals surface area contributed by atoms with E-state index < -0.39 is 0 Å². The minimum atomic E-state index is 0.361. The van der Waals surface area contributed by atoms with E-state index >= 15 is 0 Å². The largest absolute Gasteiger partial charge is 0.358 e. The number of hydrogen-bond acceptors (Lipinski definition) is 1. The summed E-state index contributed by atoms with van der Waals surface area (Å²) in [4.78, 5) is 17.7. The fourth-order valence-electron chi connectivity index (χ4n) is 3.32. The highest BCUT2D eigenvalue weighted by atomic mass is 16.2. The van der Waals surface area contributed by atoms with Gasteiger partial charge in [0.05, 0.1) is 0 Å². The van der Waals surface area contributed by atoms with Crippen molar-refractivity contribution in [2.45, 2.75) is 31.6 Å². The van der Waals surface area contributed by atoms with Crippen molar-refractivity contribution in [3.05, 3.63) is 36.0 Å². The van der Waals surface area contributed by atoms with Crippen LogP contribution in [0.1, 0.15) is 37.3 Å². The van der Waals surface area contributed by atoms with E-state index in [0.717, 1.165) is 38.8 Å². The van der Waals surface area contributed by atoms with Gasteiger partial charge in [-0.1, -0.05) is 18.2 Å². The van der Waals surface area contributed by atoms with Crippen LogP contribution in [0, 0.1) is 5.92 Å². The van der Waals surface area contributed by atoms with Crippen LogP contribution in [0.5, 0.6) is 0 Å². The van der Waals surface area contributed by atoms with E-state index in [-0.39, 0.29) is 0 Å². The van der Waals surface area contributed by atoms with Gasteiger partial charge in [-0.3, -0.25) is 4.79 Å². The molecular formula is C17H20N2O. The van der Waals surface area contributed by atoms with E-state index in [4.69, 9.17) is 0 Å². The Morgan fingerprint density at radius 3 is 2.55 bits per heavy atom. The number of aromatic nitrogens is 1. The molecule has 1 amide bonds. The van der Waals surface area contributed by atoms with Crippen molar-refractivity contribution in [3.63, 3.8) is 0 Å². The maximum atomic E-state index is 12.1. The van der Waals surface area contributed by atoms with Gasteiger partial charge in [-0.05, 0) is 43.2 Å². The molecule has 2 heterocycles. The number of fused-ring (bicyclic) bond motifs is 1. The first-order valence-corrected chi connectivity index (χ1v) is 7.68. The molecule has 2 aliphatic rings. The van der Waals surface area contributed by atoms with Gasteiger partial charge in [0.25, 0.3) is 0 Å². The van der Waals surface area contributed by atoms with Crippen LogP contribution < -0.4 is 0 Å². The van der Waals surface area contributed by atoms with Crippen LogP contribution >= 0.6 is 0 Å². The SMILES string of the molecule is O=C(C1CC1)N1CCC(c2cc3ccccc3[nH]2)CC1. The highest BCUT2D eigenvalue weighted by Gasteiger charge is 2.35. The summed E-state index contributed by atoms with van der Waals surface area (Å²) < 4.78 is 0. The first-order chi connectivity index (χ1) is 9.81. The number of hydrogen-bond donors (Lipinski definition) is 1. The molecule has 0 bridgehead atoms. The molecule has 1 aliphatic heterocycles. The quantitative estimate of drug-likeness (QED) is 0.891. The Morgan fingerprint density at radius 2 is 1.85 bits per heavy atom. The maximum absolute atomic E-state index is 12.1. The molecule has 0 unspecified atom stereocenters. The van der Waals surface area contributed by atoms with Crippen molar-refractivity contribution in [3.8, 4) is 0 Å². The molecule has 1 saturated heterocycles. The summed E-state index contributed by atoms with van der Waals surface area (Å²) in [5.74, 6) is 1.34. The van der Waals surface area contributed by atoms with Crippen LogP contribution in [0.25, 0.3) is 10.9 Å². The molecular weight excluding hydrogens is 248 g/mol. The van der Waals surface area contributed by atoms with E-state index in [1.54, 1.807) is 0 Å². The van der Waals surface area contributed by atoms with Gasteiger partial charge < -0.3 is 9.88 Å². The first-order valence-electron chi connectivity index (χ1n) is 7.68. The van der Waals surface area contributed by atoms with Gasteiger partial charge in [0.2, 0.25) is 5.91 Å². The van der Waals surface area contributed by atoms with E-state index in [1.165, 1.54) is 16.6 Å². The number of likely N-dealkylation sites (tertiary alicyclic amines) is 1. The van der Waals surface area contributed by atoms with Crippen LogP contribution in [-0.4, -0.2) is 28.9 Å². The van der Waals surface area contributed by atoms with Crippen molar-refractivity contribution < 1.29 is 4.79 Å². The Morgan fingerprint density at radius 1 is 1.10 bits per heavy atom. The number of H-pyrrole nitrogens is 1. The van der Waals surface area contributed by atoms with Gasteiger partial charge in [-0.2, -0.15) is 0 Å². The fourth-order valence-corrected chi connectivity index (χ4v) is 3.32. The number of rotatable bonds is 2. The van der Waals surface area contributed by atoms with Crippen LogP contribution in [0.2, 0.25) is 0 Å². The average Bonchev–Trinajstić information content (AvgIpc) is 3.25. The number of nitrogens with zero attached hydrogens (tertiary/aromatic N) is 1. The third-order valence-corrected chi connectivity index (χ3v) is 4.72. The summed E-state index contributed by atoms with van der Waals surface area (Å²) in [6.45, 7) is 1.85. The predicted octanol–water partition coefficient (Wildman–Crippen LogP) is 3.28. The molecule has 2 aromatic rings. The molecule has 104 valence electrons. The molecule has 0 spiro atoms. The zero-order chi connectivity index (χ0) is 13.5. The Hall–Kier alpha value is -1.77. The lowest BCUT2D eigenvalue weighted by Gasteiger charge is -2.31. The standard InChI is InChI=1S/C17H20N2O/c20-17(13-5-6-13)19-9-7-12(8-10-19)16-11-14-3-1-2-4-15(14)18-16/h1-4,11-13,18H,5-10H2. The number of amides is 1. The Bertz CT molecular complexity index is 600. The number of benzene rings is 1. The van der Waals surface area contributed by atoms with Gasteiger partial charge in [-0.15, -0.1) is 0 Å². The van der Waals surface area contributed by atoms with Crippen molar-refractivity contribution in [2.24, 2.45) is 5.92 Å². The highest BCUT2D eigenvalue weighted by Crippen LogP contribution is 2.34. The molecule has 1 aliphatic carbocycles. The van der Waals surface area contributed by atoms with E-state index in [1.807, 2.05) is 0 Å². The summed E-state index contributed by atoms with van der Waals surface area (Å²) in [6, 6.07) is 10.7. The molecule has 3 heteroatoms. The minimum absolute atomic E-state index is 0.361. The summed E-state index contributed by atoms with van der Waals surface area (Å²) >= 11 is 0. The summed E-state index contributed by atoms with van der Waals surface area (Å²) in [5.41, 5.74) is 2.56. The molecule has 1 aromatic heterocycles. The van der Waals surface area contributed by atoms with Crippen molar-refractivity contribution in [1.82, 2.24) is 9.88 Å². The molecule has 1 saturated carbocycles. The number of carbonyl (C=O) groups is 1. The smallest absolute Gasteiger partial charge is 0.225 e. The van der Waals surface area contributed by atoms with E-state index in [2.05, 4.69) is 40.2 Å². The third kappa shape index (κ3) is 2.11. The maximum Gasteiger partial charge on any atom is 0.225 e. The molecule has 4 rings (SSSR count). The van der Waals surface area contributed by atoms with E-state index in [9.17, 15) is 4.79 Å². The van der Waals surface area contributed by atoms with Crippen LogP contribution in [-0.2, 0) is 4.79 Å². The number of piperidine rings is 1.